The third-order valence-electron chi connectivity index (χ3n) is 2.92. The van der Waals surface area contributed by atoms with Crippen molar-refractivity contribution in [1.29, 1.82) is 0 Å². The molecule has 0 unspecified atom stereocenters. The molecular formula is C14H15NO4S2. The number of hydrogen-bond donors (Lipinski definition) is 2. The number of aromatic carboxylic acids is 1. The van der Waals surface area contributed by atoms with Crippen molar-refractivity contribution in [2.75, 3.05) is 4.72 Å². The third-order valence-corrected chi connectivity index (χ3v) is 5.37. The average Bonchev–Trinajstić information content (AvgIpc) is 2.88. The number of nitrogens with one attached hydrogen (secondary N) is 1. The first kappa shape index (κ1) is 15.5. The lowest BCUT2D eigenvalue weighted by Crippen LogP contribution is -2.15. The van der Waals surface area contributed by atoms with E-state index in [9.17, 15) is 13.2 Å². The second kappa shape index (κ2) is 5.87. The van der Waals surface area contributed by atoms with Gasteiger partial charge in [-0.15, -0.1) is 11.3 Å². The quantitative estimate of drug-likeness (QED) is 0.883. The van der Waals surface area contributed by atoms with Gasteiger partial charge in [-0.3, -0.25) is 4.72 Å². The molecular weight excluding hydrogens is 310 g/mol. The lowest BCUT2D eigenvalue weighted by Gasteiger charge is -2.11. The molecule has 2 aromatic rings. The van der Waals surface area contributed by atoms with Crippen molar-refractivity contribution in [2.24, 2.45) is 0 Å². The van der Waals surface area contributed by atoms with E-state index in [-0.39, 0.29) is 15.7 Å². The molecule has 7 heteroatoms. The third kappa shape index (κ3) is 3.43. The van der Waals surface area contributed by atoms with Gasteiger partial charge in [-0.25, -0.2) is 13.2 Å². The fraction of sp³-hybridized carbons (Fsp3) is 0.214. The minimum absolute atomic E-state index is 0.192. The molecule has 0 atom stereocenters. The minimum Gasteiger partial charge on any atom is -0.477 e. The van der Waals surface area contributed by atoms with Gasteiger partial charge in [-0.05, 0) is 35.1 Å². The number of sulfonamides is 1. The zero-order chi connectivity index (χ0) is 15.6. The lowest BCUT2D eigenvalue weighted by molar-refractivity contribution is 0.0698. The molecule has 0 fully saturated rings. The van der Waals surface area contributed by atoms with Crippen molar-refractivity contribution in [3.05, 3.63) is 46.2 Å². The van der Waals surface area contributed by atoms with E-state index < -0.39 is 16.0 Å². The Balaban J connectivity index is 2.36. The van der Waals surface area contributed by atoms with E-state index in [2.05, 4.69) is 4.72 Å². The number of hydrogen-bond acceptors (Lipinski definition) is 4. The molecule has 0 aliphatic heterocycles. The Hall–Kier alpha value is -1.86. The van der Waals surface area contributed by atoms with Crippen LogP contribution >= 0.6 is 11.3 Å². The van der Waals surface area contributed by atoms with Crippen LogP contribution in [0.1, 0.15) is 35.0 Å². The van der Waals surface area contributed by atoms with Gasteiger partial charge in [0.05, 0.1) is 0 Å². The van der Waals surface area contributed by atoms with Gasteiger partial charge in [0.2, 0.25) is 0 Å². The second-order valence-electron chi connectivity index (χ2n) is 4.80. The Morgan fingerprint density at radius 2 is 2.00 bits per heavy atom. The van der Waals surface area contributed by atoms with E-state index >= 15 is 0 Å². The van der Waals surface area contributed by atoms with Gasteiger partial charge >= 0.3 is 5.97 Å². The summed E-state index contributed by atoms with van der Waals surface area (Å²) in [7, 11) is -3.91. The van der Waals surface area contributed by atoms with Gasteiger partial charge in [-0.1, -0.05) is 26.0 Å². The van der Waals surface area contributed by atoms with Crippen LogP contribution in [0.4, 0.5) is 5.69 Å². The van der Waals surface area contributed by atoms with Crippen LogP contribution in [-0.4, -0.2) is 19.5 Å². The van der Waals surface area contributed by atoms with Gasteiger partial charge in [-0.2, -0.15) is 0 Å². The maximum absolute atomic E-state index is 12.3. The first-order chi connectivity index (χ1) is 9.81. The van der Waals surface area contributed by atoms with E-state index in [0.29, 0.717) is 5.69 Å². The summed E-state index contributed by atoms with van der Waals surface area (Å²) in [5, 5.41) is 10.5. The summed E-state index contributed by atoms with van der Waals surface area (Å²) in [5.41, 5.74) is 1.42. The summed E-state index contributed by atoms with van der Waals surface area (Å²) in [5.74, 6) is -0.980. The Kier molecular flexibility index (Phi) is 4.34. The van der Waals surface area contributed by atoms with Crippen LogP contribution in [0.3, 0.4) is 0 Å². The highest BCUT2D eigenvalue weighted by atomic mass is 32.2. The predicted octanol–water partition coefficient (Wildman–Crippen LogP) is 3.37. The van der Waals surface area contributed by atoms with E-state index in [1.54, 1.807) is 18.2 Å². The van der Waals surface area contributed by atoms with Gasteiger partial charge in [0.25, 0.3) is 10.0 Å². The van der Waals surface area contributed by atoms with E-state index in [4.69, 9.17) is 5.11 Å². The molecule has 2 N–H and O–H groups in total. The summed E-state index contributed by atoms with van der Waals surface area (Å²) in [6.45, 7) is 4.02. The van der Waals surface area contributed by atoms with Crippen LogP contribution in [0.15, 0.2) is 40.6 Å². The first-order valence-corrected chi connectivity index (χ1v) is 8.61. The molecule has 1 aromatic heterocycles. The zero-order valence-electron chi connectivity index (χ0n) is 11.5. The van der Waals surface area contributed by atoms with Crippen LogP contribution in [0.25, 0.3) is 0 Å². The molecule has 112 valence electrons. The molecule has 0 radical (unpaired) electrons. The summed E-state index contributed by atoms with van der Waals surface area (Å²) >= 11 is 0.884. The Morgan fingerprint density at radius 3 is 2.62 bits per heavy atom. The highest BCUT2D eigenvalue weighted by Crippen LogP contribution is 2.25. The lowest BCUT2D eigenvalue weighted by atomic mass is 10.0. The molecule has 2 rings (SSSR count). The van der Waals surface area contributed by atoms with Crippen molar-refractivity contribution < 1.29 is 18.3 Å². The number of carboxylic acid groups (broad SMARTS) is 1. The highest BCUT2D eigenvalue weighted by molar-refractivity contribution is 7.93. The van der Waals surface area contributed by atoms with Crippen molar-refractivity contribution in [3.8, 4) is 0 Å². The molecule has 21 heavy (non-hydrogen) atoms. The molecule has 0 saturated heterocycles. The van der Waals surface area contributed by atoms with Crippen molar-refractivity contribution >= 4 is 33.0 Å². The molecule has 5 nitrogen and oxygen atoms in total. The molecule has 0 amide bonds. The summed E-state index contributed by atoms with van der Waals surface area (Å²) in [6, 6.07) is 8.35. The van der Waals surface area contributed by atoms with Gasteiger partial charge in [0, 0.05) is 5.69 Å². The number of anilines is 1. The standard InChI is InChI=1S/C14H15NO4S2/c1-9(2)10-4-3-5-11(8-10)15-21(18,19)12-6-7-20-13(12)14(16)17/h3-9,15H,1-2H3,(H,16,17). The van der Waals surface area contributed by atoms with Crippen LogP contribution < -0.4 is 4.72 Å². The molecule has 1 heterocycles. The number of rotatable bonds is 5. The van der Waals surface area contributed by atoms with Gasteiger partial charge in [0.1, 0.15) is 9.77 Å². The second-order valence-corrected chi connectivity index (χ2v) is 7.37. The number of carboxylic acids is 1. The van der Waals surface area contributed by atoms with E-state index in [1.807, 2.05) is 19.9 Å². The summed E-state index contributed by atoms with van der Waals surface area (Å²) < 4.78 is 27.0. The first-order valence-electron chi connectivity index (χ1n) is 6.25. The molecule has 0 aliphatic rings. The van der Waals surface area contributed by atoms with Gasteiger partial charge < -0.3 is 5.11 Å². The molecule has 0 saturated carbocycles. The fourth-order valence-corrected chi connectivity index (χ4v) is 4.15. The summed E-state index contributed by atoms with van der Waals surface area (Å²) in [4.78, 5) is 10.6. The largest absolute Gasteiger partial charge is 0.477 e. The number of carbonyl (C=O) groups is 1. The SMILES string of the molecule is CC(C)c1cccc(NS(=O)(=O)c2ccsc2C(=O)O)c1. The Morgan fingerprint density at radius 1 is 1.29 bits per heavy atom. The molecule has 0 bridgehead atoms. The van der Waals surface area contributed by atoms with Crippen molar-refractivity contribution in [2.45, 2.75) is 24.7 Å². The molecule has 0 spiro atoms. The average molecular weight is 325 g/mol. The van der Waals surface area contributed by atoms with Crippen LogP contribution in [0.2, 0.25) is 0 Å². The fourth-order valence-electron chi connectivity index (χ4n) is 1.84. The number of thiophene rings is 1. The minimum atomic E-state index is -3.91. The summed E-state index contributed by atoms with van der Waals surface area (Å²) in [6.07, 6.45) is 0. The molecule has 1 aromatic carbocycles. The Labute approximate surface area is 127 Å². The van der Waals surface area contributed by atoms with E-state index in [1.165, 1.54) is 11.4 Å². The van der Waals surface area contributed by atoms with Crippen LogP contribution in [0.5, 0.6) is 0 Å². The maximum Gasteiger partial charge on any atom is 0.347 e. The van der Waals surface area contributed by atoms with Crippen LogP contribution in [-0.2, 0) is 10.0 Å². The smallest absolute Gasteiger partial charge is 0.347 e. The van der Waals surface area contributed by atoms with Crippen LogP contribution in [0, 0.1) is 0 Å². The zero-order valence-corrected chi connectivity index (χ0v) is 13.2. The van der Waals surface area contributed by atoms with Gasteiger partial charge in [0.15, 0.2) is 0 Å². The maximum atomic E-state index is 12.3. The van der Waals surface area contributed by atoms with Crippen molar-refractivity contribution in [3.63, 3.8) is 0 Å². The highest BCUT2D eigenvalue weighted by Gasteiger charge is 2.23. The predicted molar refractivity (Wildman–Crippen MR) is 82.6 cm³/mol. The topological polar surface area (TPSA) is 83.5 Å². The van der Waals surface area contributed by atoms with Crippen molar-refractivity contribution in [1.82, 2.24) is 0 Å². The van der Waals surface area contributed by atoms with E-state index in [0.717, 1.165) is 16.9 Å². The Bertz CT molecular complexity index is 763. The molecule has 0 aliphatic carbocycles. The monoisotopic (exact) mass is 325 g/mol. The normalized spacial score (nSPS) is 11.6. The number of benzene rings is 1.